The Morgan fingerprint density at radius 2 is 1.97 bits per heavy atom. The highest BCUT2D eigenvalue weighted by molar-refractivity contribution is 5.85. The summed E-state index contributed by atoms with van der Waals surface area (Å²) in [6, 6.07) is 7.95. The number of carbonyl (C=O) groups excluding carboxylic acids is 1. The number of carbonyl (C=O) groups is 1. The van der Waals surface area contributed by atoms with Gasteiger partial charge < -0.3 is 19.1 Å². The lowest BCUT2D eigenvalue weighted by molar-refractivity contribution is -0.141. The van der Waals surface area contributed by atoms with E-state index in [1.165, 1.54) is 5.56 Å². The summed E-state index contributed by atoms with van der Waals surface area (Å²) in [4.78, 5) is 15.6. The highest BCUT2D eigenvalue weighted by Crippen LogP contribution is 2.49. The Hall–Kier alpha value is -2.52. The Labute approximate surface area is 182 Å². The molecule has 31 heavy (non-hydrogen) atoms. The van der Waals surface area contributed by atoms with Crippen LogP contribution < -0.4 is 4.74 Å². The zero-order chi connectivity index (χ0) is 21.7. The summed E-state index contributed by atoms with van der Waals surface area (Å²) in [5.74, 6) is 1.80. The summed E-state index contributed by atoms with van der Waals surface area (Å²) in [6.07, 6.45) is 3.00. The molecule has 2 fully saturated rings. The second-order valence-corrected chi connectivity index (χ2v) is 8.19. The van der Waals surface area contributed by atoms with Gasteiger partial charge in [0.15, 0.2) is 5.82 Å². The Kier molecular flexibility index (Phi) is 6.82. The quantitative estimate of drug-likeness (QED) is 0.602. The lowest BCUT2D eigenvalue weighted by Gasteiger charge is -2.31. The highest BCUT2D eigenvalue weighted by atomic mass is 16.5. The van der Waals surface area contributed by atoms with Crippen LogP contribution in [0.4, 0.5) is 0 Å². The molecule has 4 rings (SSSR count). The van der Waals surface area contributed by atoms with E-state index in [1.807, 2.05) is 24.0 Å². The van der Waals surface area contributed by atoms with Gasteiger partial charge in [0.2, 0.25) is 5.91 Å². The number of ether oxygens (including phenoxy) is 3. The zero-order valence-electron chi connectivity index (χ0n) is 18.3. The van der Waals surface area contributed by atoms with Crippen molar-refractivity contribution in [3.8, 4) is 5.75 Å². The molecular weight excluding hydrogens is 398 g/mol. The number of tetrazole rings is 1. The maximum Gasteiger partial charge on any atom is 0.229 e. The van der Waals surface area contributed by atoms with Crippen molar-refractivity contribution in [2.75, 3.05) is 40.1 Å². The molecule has 1 aromatic heterocycles. The van der Waals surface area contributed by atoms with E-state index < -0.39 is 0 Å². The van der Waals surface area contributed by atoms with Crippen LogP contribution in [0.25, 0.3) is 0 Å². The van der Waals surface area contributed by atoms with Gasteiger partial charge in [-0.25, -0.2) is 4.68 Å². The van der Waals surface area contributed by atoms with Crippen molar-refractivity contribution in [2.24, 2.45) is 5.41 Å². The Morgan fingerprint density at radius 1 is 1.19 bits per heavy atom. The number of likely N-dealkylation sites (tertiary alicyclic amines) is 1. The molecule has 0 saturated carbocycles. The standard InChI is InChI=1S/C22H31N5O4/c1-3-31-18-6-4-17(5-7-18)8-11-26-19(20-23-24-25-27(20)12-15-29-2)16-22(21(26)28)9-13-30-14-10-22/h4-7,19H,3,8-16H2,1-2H3. The summed E-state index contributed by atoms with van der Waals surface area (Å²) < 4.78 is 18.1. The minimum Gasteiger partial charge on any atom is -0.494 e. The second-order valence-electron chi connectivity index (χ2n) is 8.19. The second kappa shape index (κ2) is 9.74. The van der Waals surface area contributed by atoms with E-state index in [9.17, 15) is 4.79 Å². The molecule has 1 spiro atoms. The van der Waals surface area contributed by atoms with E-state index in [4.69, 9.17) is 14.2 Å². The summed E-state index contributed by atoms with van der Waals surface area (Å²) in [6.45, 7) is 5.57. The third kappa shape index (κ3) is 4.57. The van der Waals surface area contributed by atoms with E-state index in [2.05, 4.69) is 27.7 Å². The van der Waals surface area contributed by atoms with E-state index >= 15 is 0 Å². The molecule has 2 saturated heterocycles. The number of benzene rings is 1. The molecular formula is C22H31N5O4. The van der Waals surface area contributed by atoms with Crippen molar-refractivity contribution in [1.82, 2.24) is 25.1 Å². The SMILES string of the molecule is CCOc1ccc(CCN2C(=O)C3(CCOCC3)CC2c2nnnn2CCOC)cc1. The fraction of sp³-hybridized carbons (Fsp3) is 0.636. The predicted molar refractivity (Wildman–Crippen MR) is 113 cm³/mol. The number of rotatable bonds is 9. The first-order valence-electron chi connectivity index (χ1n) is 11.0. The molecule has 1 aromatic carbocycles. The summed E-state index contributed by atoms with van der Waals surface area (Å²) >= 11 is 0. The molecule has 0 aliphatic carbocycles. The largest absolute Gasteiger partial charge is 0.494 e. The first kappa shape index (κ1) is 21.7. The van der Waals surface area contributed by atoms with Crippen molar-refractivity contribution in [3.63, 3.8) is 0 Å². The van der Waals surface area contributed by atoms with Crippen molar-refractivity contribution >= 4 is 5.91 Å². The Bertz CT molecular complexity index is 863. The lowest BCUT2D eigenvalue weighted by atomic mass is 9.77. The van der Waals surface area contributed by atoms with Crippen LogP contribution in [0, 0.1) is 5.41 Å². The molecule has 0 radical (unpaired) electrons. The van der Waals surface area contributed by atoms with Crippen molar-refractivity contribution in [3.05, 3.63) is 35.7 Å². The maximum atomic E-state index is 13.6. The van der Waals surface area contributed by atoms with Crippen molar-refractivity contribution < 1.29 is 19.0 Å². The number of methoxy groups -OCH3 is 1. The molecule has 2 aromatic rings. The molecule has 0 bridgehead atoms. The predicted octanol–water partition coefficient (Wildman–Crippen LogP) is 2.03. The Balaban J connectivity index is 1.54. The number of hydrogen-bond acceptors (Lipinski definition) is 7. The third-order valence-electron chi connectivity index (χ3n) is 6.37. The fourth-order valence-electron chi connectivity index (χ4n) is 4.64. The average molecular weight is 430 g/mol. The monoisotopic (exact) mass is 429 g/mol. The molecule has 2 aliphatic rings. The molecule has 9 heteroatoms. The van der Waals surface area contributed by atoms with Gasteiger partial charge in [-0.15, -0.1) is 5.10 Å². The smallest absolute Gasteiger partial charge is 0.229 e. The van der Waals surface area contributed by atoms with Crippen LogP contribution in [0.3, 0.4) is 0 Å². The van der Waals surface area contributed by atoms with Crippen LogP contribution in [-0.4, -0.2) is 71.1 Å². The fourth-order valence-corrected chi connectivity index (χ4v) is 4.64. The van der Waals surface area contributed by atoms with E-state index in [0.717, 1.165) is 37.3 Å². The number of aromatic nitrogens is 4. The van der Waals surface area contributed by atoms with Crippen molar-refractivity contribution in [1.29, 1.82) is 0 Å². The Morgan fingerprint density at radius 3 is 2.68 bits per heavy atom. The van der Waals surface area contributed by atoms with Gasteiger partial charge in [0.05, 0.1) is 31.2 Å². The van der Waals surface area contributed by atoms with Crippen molar-refractivity contribution in [2.45, 2.75) is 45.2 Å². The minimum absolute atomic E-state index is 0.139. The molecule has 3 heterocycles. The molecule has 168 valence electrons. The molecule has 1 unspecified atom stereocenters. The minimum atomic E-state index is -0.375. The van der Waals surface area contributed by atoms with Crippen LogP contribution in [0.1, 0.15) is 43.6 Å². The summed E-state index contributed by atoms with van der Waals surface area (Å²) in [5, 5.41) is 12.3. The van der Waals surface area contributed by atoms with Gasteiger partial charge in [-0.1, -0.05) is 12.1 Å². The van der Waals surface area contributed by atoms with Gasteiger partial charge in [-0.3, -0.25) is 4.79 Å². The highest BCUT2D eigenvalue weighted by Gasteiger charge is 2.53. The van der Waals surface area contributed by atoms with E-state index in [-0.39, 0.29) is 17.4 Å². The number of hydrogen-bond donors (Lipinski definition) is 0. The summed E-state index contributed by atoms with van der Waals surface area (Å²) in [5.41, 5.74) is 0.793. The topological polar surface area (TPSA) is 91.6 Å². The lowest BCUT2D eigenvalue weighted by Crippen LogP contribution is -2.39. The van der Waals surface area contributed by atoms with Crippen LogP contribution in [0.5, 0.6) is 5.75 Å². The molecule has 1 atom stereocenters. The third-order valence-corrected chi connectivity index (χ3v) is 6.37. The van der Waals surface area contributed by atoms with Gasteiger partial charge >= 0.3 is 0 Å². The number of nitrogens with zero attached hydrogens (tertiary/aromatic N) is 5. The van der Waals surface area contributed by atoms with Crippen LogP contribution >= 0.6 is 0 Å². The molecule has 9 nitrogen and oxygen atoms in total. The van der Waals surface area contributed by atoms with Crippen LogP contribution in [0.2, 0.25) is 0 Å². The normalized spacial score (nSPS) is 20.5. The van der Waals surface area contributed by atoms with Crippen LogP contribution in [0.15, 0.2) is 24.3 Å². The maximum absolute atomic E-state index is 13.6. The first-order chi connectivity index (χ1) is 15.2. The molecule has 2 aliphatic heterocycles. The van der Waals surface area contributed by atoms with E-state index in [0.29, 0.717) is 39.5 Å². The van der Waals surface area contributed by atoms with Crippen LogP contribution in [-0.2, 0) is 27.2 Å². The van der Waals surface area contributed by atoms with Gasteiger partial charge in [0, 0.05) is 26.9 Å². The molecule has 1 amide bonds. The molecule has 0 N–H and O–H groups in total. The zero-order valence-corrected chi connectivity index (χ0v) is 18.3. The first-order valence-corrected chi connectivity index (χ1v) is 11.0. The van der Waals surface area contributed by atoms with Gasteiger partial charge in [-0.2, -0.15) is 0 Å². The van der Waals surface area contributed by atoms with Gasteiger partial charge in [0.1, 0.15) is 5.75 Å². The summed E-state index contributed by atoms with van der Waals surface area (Å²) in [7, 11) is 1.66. The van der Waals surface area contributed by atoms with Gasteiger partial charge in [-0.05, 0) is 60.7 Å². The number of amides is 1. The van der Waals surface area contributed by atoms with Gasteiger partial charge in [0.25, 0.3) is 0 Å². The van der Waals surface area contributed by atoms with E-state index in [1.54, 1.807) is 11.8 Å². The average Bonchev–Trinajstić information content (AvgIpc) is 3.36.